The number of hydrogen-bond donors (Lipinski definition) is 2. The first-order valence-electron chi connectivity index (χ1n) is 6.85. The Hall–Kier alpha value is -2.39. The number of amides is 1. The van der Waals surface area contributed by atoms with Gasteiger partial charge in [0.15, 0.2) is 15.7 Å². The number of carbonyl (C=O) groups excluding carboxylic acids is 1. The van der Waals surface area contributed by atoms with Crippen LogP contribution in [0.5, 0.6) is 0 Å². The molecule has 0 atom stereocenters. The highest BCUT2D eigenvalue weighted by Gasteiger charge is 2.23. The SMILES string of the molecule is CF.Cc1cc(NC(=O)CS(=O)(=O)c2c[nH]c3ccccc23)no1.Cl.[HH]. The summed E-state index contributed by atoms with van der Waals surface area (Å²) in [5.41, 5.74) is 0.702. The highest BCUT2D eigenvalue weighted by molar-refractivity contribution is 7.92. The minimum atomic E-state index is -3.76. The van der Waals surface area contributed by atoms with Gasteiger partial charge in [-0.25, -0.2) is 8.42 Å². The first kappa shape index (κ1) is 20.7. The zero-order valence-corrected chi connectivity index (χ0v) is 15.1. The monoisotopic (exact) mass is 391 g/mol. The number of aryl methyl sites for hydroxylation is 1. The number of hydrogen-bond acceptors (Lipinski definition) is 5. The molecule has 2 aromatic heterocycles. The quantitative estimate of drug-likeness (QED) is 0.710. The molecule has 2 N–H and O–H groups in total. The van der Waals surface area contributed by atoms with Crippen molar-refractivity contribution in [3.8, 4) is 0 Å². The first-order valence-corrected chi connectivity index (χ1v) is 8.51. The molecular weight excluding hydrogens is 373 g/mol. The second-order valence-electron chi connectivity index (χ2n) is 4.83. The Balaban J connectivity index is 0.00000151. The van der Waals surface area contributed by atoms with E-state index < -0.39 is 21.5 Å². The van der Waals surface area contributed by atoms with Crippen molar-refractivity contribution in [2.75, 3.05) is 18.2 Å². The van der Waals surface area contributed by atoms with Crippen molar-refractivity contribution in [2.45, 2.75) is 11.8 Å². The van der Waals surface area contributed by atoms with E-state index in [9.17, 15) is 17.6 Å². The molecule has 3 rings (SSSR count). The third-order valence-electron chi connectivity index (χ3n) is 3.10. The fourth-order valence-corrected chi connectivity index (χ4v) is 3.48. The van der Waals surface area contributed by atoms with Crippen molar-refractivity contribution in [2.24, 2.45) is 0 Å². The Labute approximate surface area is 151 Å². The zero-order valence-electron chi connectivity index (χ0n) is 13.4. The summed E-state index contributed by atoms with van der Waals surface area (Å²) in [7, 11) is -3.26. The largest absolute Gasteiger partial charge is 0.360 e. The maximum absolute atomic E-state index is 12.4. The lowest BCUT2D eigenvalue weighted by atomic mass is 10.2. The molecule has 0 aliphatic heterocycles. The van der Waals surface area contributed by atoms with Crippen LogP contribution in [-0.2, 0) is 14.6 Å². The Bertz CT molecular complexity index is 959. The van der Waals surface area contributed by atoms with Gasteiger partial charge < -0.3 is 14.8 Å². The van der Waals surface area contributed by atoms with Crippen molar-refractivity contribution in [1.82, 2.24) is 10.1 Å². The molecule has 7 nitrogen and oxygen atoms in total. The number of H-pyrrole nitrogens is 1. The van der Waals surface area contributed by atoms with Gasteiger partial charge in [-0.2, -0.15) is 0 Å². The lowest BCUT2D eigenvalue weighted by molar-refractivity contribution is -0.113. The van der Waals surface area contributed by atoms with Gasteiger partial charge in [0.25, 0.3) is 0 Å². The number of nitrogens with zero attached hydrogens (tertiary/aromatic N) is 1. The highest BCUT2D eigenvalue weighted by atomic mass is 35.5. The average Bonchev–Trinajstić information content (AvgIpc) is 3.15. The van der Waals surface area contributed by atoms with Crippen LogP contribution in [0, 0.1) is 6.92 Å². The Morgan fingerprint density at radius 1 is 1.36 bits per heavy atom. The van der Waals surface area contributed by atoms with Gasteiger partial charge in [0.1, 0.15) is 11.5 Å². The fraction of sp³-hybridized carbons (Fsp3) is 0.200. The van der Waals surface area contributed by atoms with Gasteiger partial charge in [0.05, 0.1) is 12.1 Å². The molecule has 25 heavy (non-hydrogen) atoms. The van der Waals surface area contributed by atoms with Gasteiger partial charge in [0, 0.05) is 24.6 Å². The molecule has 0 bridgehead atoms. The van der Waals surface area contributed by atoms with Crippen LogP contribution in [0.1, 0.15) is 7.19 Å². The van der Waals surface area contributed by atoms with E-state index in [1.54, 1.807) is 31.2 Å². The molecule has 1 aromatic carbocycles. The lowest BCUT2D eigenvalue weighted by Gasteiger charge is -2.03. The molecular formula is C15H19ClFN3O4S. The normalized spacial score (nSPS) is 10.5. The summed E-state index contributed by atoms with van der Waals surface area (Å²) in [5, 5.41) is 6.55. The predicted molar refractivity (Wildman–Crippen MR) is 96.6 cm³/mol. The topological polar surface area (TPSA) is 105 Å². The maximum Gasteiger partial charge on any atom is 0.241 e. The van der Waals surface area contributed by atoms with E-state index in [-0.39, 0.29) is 24.5 Å². The standard InChI is InChI=1S/C14H13N3O4S.CH3F.ClH.H2/c1-9-6-13(17-21-9)16-14(18)8-22(19,20)12-7-15-11-5-3-2-4-10(11)12;1-2;;/h2-7,15H,8H2,1H3,(H,16,17,18);1H3;2*1H. The number of sulfone groups is 1. The number of aromatic amines is 1. The number of halogens is 2. The molecule has 0 fully saturated rings. The summed E-state index contributed by atoms with van der Waals surface area (Å²) in [4.78, 5) is 14.9. The molecule has 2 heterocycles. The van der Waals surface area contributed by atoms with Crippen molar-refractivity contribution >= 4 is 44.9 Å². The van der Waals surface area contributed by atoms with Crippen LogP contribution in [0.4, 0.5) is 10.2 Å². The first-order chi connectivity index (χ1) is 11.5. The summed E-state index contributed by atoms with van der Waals surface area (Å²) in [6, 6.07) is 8.52. The summed E-state index contributed by atoms with van der Waals surface area (Å²) < 4.78 is 39.1. The van der Waals surface area contributed by atoms with Gasteiger partial charge in [-0.3, -0.25) is 9.18 Å². The van der Waals surface area contributed by atoms with E-state index in [1.807, 2.05) is 0 Å². The number of rotatable bonds is 4. The molecule has 10 heteroatoms. The predicted octanol–water partition coefficient (Wildman–Crippen LogP) is 3.13. The maximum atomic E-state index is 12.4. The van der Waals surface area contributed by atoms with Gasteiger partial charge in [-0.1, -0.05) is 23.4 Å². The fourth-order valence-electron chi connectivity index (χ4n) is 2.16. The van der Waals surface area contributed by atoms with Crippen LogP contribution in [-0.4, -0.2) is 37.4 Å². The molecule has 0 aliphatic carbocycles. The third-order valence-corrected chi connectivity index (χ3v) is 4.75. The van der Waals surface area contributed by atoms with Gasteiger partial charge in [0.2, 0.25) is 5.91 Å². The van der Waals surface area contributed by atoms with Crippen molar-refractivity contribution in [3.05, 3.63) is 42.3 Å². The molecule has 138 valence electrons. The molecule has 0 saturated heterocycles. The minimum absolute atomic E-state index is 0. The molecule has 0 unspecified atom stereocenters. The Morgan fingerprint density at radius 3 is 2.68 bits per heavy atom. The summed E-state index contributed by atoms with van der Waals surface area (Å²) in [5.74, 6) is -0.620. The van der Waals surface area contributed by atoms with Crippen LogP contribution < -0.4 is 5.32 Å². The molecule has 1 amide bonds. The molecule has 0 radical (unpaired) electrons. The van der Waals surface area contributed by atoms with E-state index in [1.165, 1.54) is 12.3 Å². The molecule has 3 aromatic rings. The Kier molecular flexibility index (Phi) is 7.13. The summed E-state index contributed by atoms with van der Waals surface area (Å²) in [6.07, 6.45) is 1.40. The summed E-state index contributed by atoms with van der Waals surface area (Å²) >= 11 is 0. The smallest absolute Gasteiger partial charge is 0.241 e. The van der Waals surface area contributed by atoms with E-state index in [2.05, 4.69) is 15.5 Å². The van der Waals surface area contributed by atoms with Crippen molar-refractivity contribution in [3.63, 3.8) is 0 Å². The highest BCUT2D eigenvalue weighted by Crippen LogP contribution is 2.23. The van der Waals surface area contributed by atoms with Gasteiger partial charge in [-0.15, -0.1) is 12.4 Å². The number of fused-ring (bicyclic) bond motifs is 1. The lowest BCUT2D eigenvalue weighted by Crippen LogP contribution is -2.23. The van der Waals surface area contributed by atoms with Crippen molar-refractivity contribution < 1.29 is 23.6 Å². The number of benzene rings is 1. The van der Waals surface area contributed by atoms with E-state index in [4.69, 9.17) is 4.52 Å². The van der Waals surface area contributed by atoms with Gasteiger partial charge in [-0.05, 0) is 13.0 Å². The van der Waals surface area contributed by atoms with Crippen LogP contribution in [0.25, 0.3) is 10.9 Å². The van der Waals surface area contributed by atoms with Gasteiger partial charge >= 0.3 is 0 Å². The number of para-hydroxylation sites is 1. The van der Waals surface area contributed by atoms with E-state index in [0.29, 0.717) is 23.8 Å². The summed E-state index contributed by atoms with van der Waals surface area (Å²) in [6.45, 7) is 1.67. The third kappa shape index (κ3) is 4.80. The number of anilines is 1. The number of nitrogens with one attached hydrogen (secondary N) is 2. The second kappa shape index (κ2) is 8.63. The second-order valence-corrected chi connectivity index (χ2v) is 6.79. The van der Waals surface area contributed by atoms with Crippen LogP contribution >= 0.6 is 12.4 Å². The number of alkyl halides is 1. The van der Waals surface area contributed by atoms with Crippen LogP contribution in [0.2, 0.25) is 0 Å². The van der Waals surface area contributed by atoms with E-state index >= 15 is 0 Å². The zero-order chi connectivity index (χ0) is 17.7. The van der Waals surface area contributed by atoms with E-state index in [0.717, 1.165) is 0 Å². The number of aromatic nitrogens is 2. The molecule has 0 aliphatic rings. The minimum Gasteiger partial charge on any atom is -0.360 e. The molecule has 0 saturated carbocycles. The average molecular weight is 392 g/mol. The Morgan fingerprint density at radius 2 is 2.04 bits per heavy atom. The molecule has 0 spiro atoms. The van der Waals surface area contributed by atoms with Crippen LogP contribution in [0.3, 0.4) is 0 Å². The number of carbonyl (C=O) groups is 1. The van der Waals surface area contributed by atoms with Crippen molar-refractivity contribution in [1.29, 1.82) is 0 Å². The van der Waals surface area contributed by atoms with Crippen LogP contribution in [0.15, 0.2) is 45.9 Å².